The van der Waals surface area contributed by atoms with Gasteiger partial charge in [-0.1, -0.05) is 17.7 Å². The molecular weight excluding hydrogens is 227 g/mol. The number of anilines is 1. The van der Waals surface area contributed by atoms with Crippen LogP contribution in [0.3, 0.4) is 0 Å². The Balaban J connectivity index is 2.03. The van der Waals surface area contributed by atoms with Crippen molar-refractivity contribution in [2.24, 2.45) is 0 Å². The number of hydrogen-bond donors (Lipinski definition) is 1. The topological polar surface area (TPSA) is 24.9 Å². The van der Waals surface area contributed by atoms with Gasteiger partial charge in [0.2, 0.25) is 0 Å². The zero-order valence-electron chi connectivity index (χ0n) is 8.45. The van der Waals surface area contributed by atoms with Gasteiger partial charge < -0.3 is 5.32 Å². The molecule has 0 saturated carbocycles. The van der Waals surface area contributed by atoms with E-state index >= 15 is 0 Å². The molecule has 0 bridgehead atoms. The first kappa shape index (κ1) is 10.9. The van der Waals surface area contributed by atoms with Crippen LogP contribution in [0.5, 0.6) is 0 Å². The second kappa shape index (κ2) is 4.94. The highest BCUT2D eigenvalue weighted by molar-refractivity contribution is 6.30. The summed E-state index contributed by atoms with van der Waals surface area (Å²) in [5.74, 6) is -0.423. The van der Waals surface area contributed by atoms with Gasteiger partial charge in [0, 0.05) is 11.9 Å². The van der Waals surface area contributed by atoms with Crippen LogP contribution in [0.2, 0.25) is 5.02 Å². The summed E-state index contributed by atoms with van der Waals surface area (Å²) in [4.78, 5) is 4.15. The Labute approximate surface area is 98.1 Å². The van der Waals surface area contributed by atoms with E-state index in [-0.39, 0.29) is 5.02 Å². The maximum atomic E-state index is 13.1. The Morgan fingerprint density at radius 2 is 2.12 bits per heavy atom. The van der Waals surface area contributed by atoms with Crippen molar-refractivity contribution in [1.29, 1.82) is 0 Å². The van der Waals surface area contributed by atoms with Crippen LogP contribution in [0.4, 0.5) is 10.1 Å². The molecule has 1 heterocycles. The van der Waals surface area contributed by atoms with Crippen LogP contribution in [0.15, 0.2) is 42.6 Å². The van der Waals surface area contributed by atoms with Crippen molar-refractivity contribution in [2.75, 3.05) is 5.32 Å². The summed E-state index contributed by atoms with van der Waals surface area (Å²) < 4.78 is 13.1. The molecule has 0 aliphatic rings. The molecule has 0 saturated heterocycles. The minimum absolute atomic E-state index is 0.128. The smallest absolute Gasteiger partial charge is 0.143 e. The van der Waals surface area contributed by atoms with Crippen molar-refractivity contribution in [1.82, 2.24) is 4.98 Å². The molecule has 0 aliphatic carbocycles. The summed E-state index contributed by atoms with van der Waals surface area (Å²) in [5, 5.41) is 3.20. The van der Waals surface area contributed by atoms with Gasteiger partial charge in [0.1, 0.15) is 5.82 Å². The Morgan fingerprint density at radius 1 is 1.25 bits per heavy atom. The maximum absolute atomic E-state index is 13.1. The SMILES string of the molecule is Fc1cc(NCc2ccccn2)ccc1Cl. The van der Waals surface area contributed by atoms with Crippen molar-refractivity contribution in [2.45, 2.75) is 6.54 Å². The number of halogens is 2. The molecule has 0 fully saturated rings. The first-order valence-corrected chi connectivity index (χ1v) is 5.22. The van der Waals surface area contributed by atoms with E-state index in [1.165, 1.54) is 12.1 Å². The third kappa shape index (κ3) is 2.70. The molecule has 0 unspecified atom stereocenters. The second-order valence-corrected chi connectivity index (χ2v) is 3.71. The normalized spacial score (nSPS) is 10.1. The van der Waals surface area contributed by atoms with E-state index < -0.39 is 5.82 Å². The highest BCUT2D eigenvalue weighted by Gasteiger charge is 2.00. The summed E-state index contributed by atoms with van der Waals surface area (Å²) in [7, 11) is 0. The number of benzene rings is 1. The lowest BCUT2D eigenvalue weighted by atomic mass is 10.3. The first-order valence-electron chi connectivity index (χ1n) is 4.84. The zero-order chi connectivity index (χ0) is 11.4. The zero-order valence-corrected chi connectivity index (χ0v) is 9.21. The quantitative estimate of drug-likeness (QED) is 0.883. The fraction of sp³-hybridized carbons (Fsp3) is 0.0833. The van der Waals surface area contributed by atoms with Gasteiger partial charge in [0.15, 0.2) is 0 Å². The van der Waals surface area contributed by atoms with E-state index in [4.69, 9.17) is 11.6 Å². The Morgan fingerprint density at radius 3 is 2.81 bits per heavy atom. The molecule has 0 aliphatic heterocycles. The lowest BCUT2D eigenvalue weighted by Crippen LogP contribution is -2.01. The summed E-state index contributed by atoms with van der Waals surface area (Å²) >= 11 is 5.58. The lowest BCUT2D eigenvalue weighted by Gasteiger charge is -2.06. The minimum Gasteiger partial charge on any atom is -0.379 e. The molecule has 0 radical (unpaired) electrons. The van der Waals surface area contributed by atoms with Gasteiger partial charge in [-0.15, -0.1) is 0 Å². The summed E-state index contributed by atoms with van der Waals surface area (Å²) in [6.07, 6.45) is 1.72. The first-order chi connectivity index (χ1) is 7.75. The van der Waals surface area contributed by atoms with E-state index in [0.717, 1.165) is 5.69 Å². The molecule has 16 heavy (non-hydrogen) atoms. The average molecular weight is 237 g/mol. The molecule has 2 nitrogen and oxygen atoms in total. The average Bonchev–Trinajstić information content (AvgIpc) is 2.32. The number of pyridine rings is 1. The van der Waals surface area contributed by atoms with Gasteiger partial charge in [-0.2, -0.15) is 0 Å². The van der Waals surface area contributed by atoms with Crippen LogP contribution >= 0.6 is 11.6 Å². The van der Waals surface area contributed by atoms with Crippen LogP contribution in [-0.2, 0) is 6.54 Å². The van der Waals surface area contributed by atoms with E-state index in [0.29, 0.717) is 12.2 Å². The molecule has 2 rings (SSSR count). The van der Waals surface area contributed by atoms with Gasteiger partial charge in [-0.25, -0.2) is 4.39 Å². The largest absolute Gasteiger partial charge is 0.379 e. The molecule has 0 spiro atoms. The number of hydrogen-bond acceptors (Lipinski definition) is 2. The van der Waals surface area contributed by atoms with Crippen LogP contribution in [0.25, 0.3) is 0 Å². The summed E-state index contributed by atoms with van der Waals surface area (Å²) in [6.45, 7) is 0.557. The summed E-state index contributed by atoms with van der Waals surface area (Å²) in [5.41, 5.74) is 1.59. The molecule has 2 aromatic rings. The molecule has 4 heteroatoms. The van der Waals surface area contributed by atoms with Crippen LogP contribution in [-0.4, -0.2) is 4.98 Å². The van der Waals surface area contributed by atoms with Gasteiger partial charge in [-0.05, 0) is 30.3 Å². The number of rotatable bonds is 3. The van der Waals surface area contributed by atoms with Crippen LogP contribution < -0.4 is 5.32 Å². The molecule has 1 N–H and O–H groups in total. The molecule has 0 amide bonds. The monoisotopic (exact) mass is 236 g/mol. The molecule has 82 valence electrons. The highest BCUT2D eigenvalue weighted by Crippen LogP contribution is 2.18. The van der Waals surface area contributed by atoms with Crippen LogP contribution in [0.1, 0.15) is 5.69 Å². The summed E-state index contributed by atoms with van der Waals surface area (Å²) in [6, 6.07) is 10.3. The van der Waals surface area contributed by atoms with E-state index in [9.17, 15) is 4.39 Å². The van der Waals surface area contributed by atoms with E-state index in [1.807, 2.05) is 18.2 Å². The van der Waals surface area contributed by atoms with Crippen molar-refractivity contribution in [3.05, 3.63) is 59.1 Å². The second-order valence-electron chi connectivity index (χ2n) is 3.30. The molecule has 0 atom stereocenters. The third-order valence-electron chi connectivity index (χ3n) is 2.12. The van der Waals surface area contributed by atoms with Gasteiger partial charge >= 0.3 is 0 Å². The number of nitrogens with zero attached hydrogens (tertiary/aromatic N) is 1. The third-order valence-corrected chi connectivity index (χ3v) is 2.43. The fourth-order valence-electron chi connectivity index (χ4n) is 1.30. The van der Waals surface area contributed by atoms with Crippen molar-refractivity contribution in [3.63, 3.8) is 0 Å². The Hall–Kier alpha value is -1.61. The fourth-order valence-corrected chi connectivity index (χ4v) is 1.42. The number of aromatic nitrogens is 1. The van der Waals surface area contributed by atoms with Crippen LogP contribution in [0, 0.1) is 5.82 Å². The lowest BCUT2D eigenvalue weighted by molar-refractivity contribution is 0.628. The standard InChI is InChI=1S/C12H10ClFN2/c13-11-5-4-9(7-12(11)14)16-8-10-3-1-2-6-15-10/h1-7,16H,8H2. The van der Waals surface area contributed by atoms with Gasteiger partial charge in [-0.3, -0.25) is 4.98 Å². The number of nitrogens with one attached hydrogen (secondary N) is 1. The molecule has 1 aromatic carbocycles. The Bertz CT molecular complexity index is 474. The van der Waals surface area contributed by atoms with Crippen molar-refractivity contribution >= 4 is 17.3 Å². The maximum Gasteiger partial charge on any atom is 0.143 e. The minimum atomic E-state index is -0.423. The Kier molecular flexibility index (Phi) is 3.37. The van der Waals surface area contributed by atoms with Gasteiger partial charge in [0.05, 0.1) is 17.3 Å². The molecule has 1 aromatic heterocycles. The highest BCUT2D eigenvalue weighted by atomic mass is 35.5. The predicted octanol–water partition coefficient (Wildman–Crippen LogP) is 3.49. The predicted molar refractivity (Wildman–Crippen MR) is 63.0 cm³/mol. The van der Waals surface area contributed by atoms with E-state index in [2.05, 4.69) is 10.3 Å². The molecular formula is C12H10ClFN2. The van der Waals surface area contributed by atoms with Crippen molar-refractivity contribution < 1.29 is 4.39 Å². The van der Waals surface area contributed by atoms with Gasteiger partial charge in [0.25, 0.3) is 0 Å². The van der Waals surface area contributed by atoms with E-state index in [1.54, 1.807) is 12.3 Å². The van der Waals surface area contributed by atoms with Crippen molar-refractivity contribution in [3.8, 4) is 0 Å².